The molecule has 2 aromatic heterocycles. The van der Waals surface area contributed by atoms with Crippen LogP contribution in [0.3, 0.4) is 0 Å². The first-order valence-electron chi connectivity index (χ1n) is 5.20. The molecule has 0 saturated heterocycles. The summed E-state index contributed by atoms with van der Waals surface area (Å²) in [4.78, 5) is 8.11. The van der Waals surface area contributed by atoms with Crippen molar-refractivity contribution in [2.24, 2.45) is 0 Å². The molecule has 3 aromatic rings. The van der Waals surface area contributed by atoms with Gasteiger partial charge in [0.05, 0.1) is 4.47 Å². The standard InChI is InChI=1S/C12H8BrFN4/c13-9-5-8(1-2-10(9)14)18-4-3-7-6-16-12(15)17-11(7)18/h1-6H,(H2,15,16,17). The topological polar surface area (TPSA) is 56.7 Å². The zero-order chi connectivity index (χ0) is 12.7. The fraction of sp³-hybridized carbons (Fsp3) is 0. The first kappa shape index (κ1) is 11.2. The molecular weight excluding hydrogens is 299 g/mol. The quantitative estimate of drug-likeness (QED) is 0.752. The van der Waals surface area contributed by atoms with E-state index in [1.165, 1.54) is 6.07 Å². The second-order valence-corrected chi connectivity index (χ2v) is 4.65. The third-order valence-corrected chi connectivity index (χ3v) is 3.23. The minimum atomic E-state index is -0.302. The van der Waals surface area contributed by atoms with Gasteiger partial charge in [-0.2, -0.15) is 4.98 Å². The van der Waals surface area contributed by atoms with E-state index in [2.05, 4.69) is 25.9 Å². The Morgan fingerprint density at radius 1 is 1.28 bits per heavy atom. The van der Waals surface area contributed by atoms with Gasteiger partial charge in [0.15, 0.2) is 0 Å². The van der Waals surface area contributed by atoms with Crippen molar-refractivity contribution in [1.29, 1.82) is 0 Å². The van der Waals surface area contributed by atoms with Gasteiger partial charge in [0.1, 0.15) is 11.5 Å². The average molecular weight is 307 g/mol. The van der Waals surface area contributed by atoms with Gasteiger partial charge in [0.25, 0.3) is 0 Å². The first-order valence-corrected chi connectivity index (χ1v) is 5.99. The summed E-state index contributed by atoms with van der Waals surface area (Å²) in [6, 6.07) is 6.65. The van der Waals surface area contributed by atoms with E-state index in [4.69, 9.17) is 5.73 Å². The van der Waals surface area contributed by atoms with Crippen LogP contribution in [0.1, 0.15) is 0 Å². The van der Waals surface area contributed by atoms with E-state index in [1.54, 1.807) is 18.3 Å². The van der Waals surface area contributed by atoms with E-state index in [1.807, 2.05) is 16.8 Å². The lowest BCUT2D eigenvalue weighted by molar-refractivity contribution is 0.620. The summed E-state index contributed by atoms with van der Waals surface area (Å²) in [5, 5.41) is 0.879. The number of nitrogen functional groups attached to an aromatic ring is 1. The number of nitrogens with zero attached hydrogens (tertiary/aromatic N) is 3. The molecule has 18 heavy (non-hydrogen) atoms. The molecule has 4 nitrogen and oxygen atoms in total. The van der Waals surface area contributed by atoms with E-state index in [0.717, 1.165) is 11.1 Å². The van der Waals surface area contributed by atoms with Crippen LogP contribution in [0.4, 0.5) is 10.3 Å². The molecule has 0 bridgehead atoms. The SMILES string of the molecule is Nc1ncc2ccn(-c3ccc(F)c(Br)c3)c2n1. The number of hydrogen-bond donors (Lipinski definition) is 1. The summed E-state index contributed by atoms with van der Waals surface area (Å²) < 4.78 is 15.5. The molecule has 3 rings (SSSR count). The zero-order valence-corrected chi connectivity index (χ0v) is 10.7. The fourth-order valence-electron chi connectivity index (χ4n) is 1.77. The summed E-state index contributed by atoms with van der Waals surface area (Å²) in [6.45, 7) is 0. The van der Waals surface area contributed by atoms with Crippen molar-refractivity contribution in [2.75, 3.05) is 5.73 Å². The summed E-state index contributed by atoms with van der Waals surface area (Å²) in [6.07, 6.45) is 3.51. The highest BCUT2D eigenvalue weighted by molar-refractivity contribution is 9.10. The molecule has 0 unspecified atom stereocenters. The molecule has 0 aliphatic carbocycles. The van der Waals surface area contributed by atoms with E-state index in [9.17, 15) is 4.39 Å². The monoisotopic (exact) mass is 306 g/mol. The zero-order valence-electron chi connectivity index (χ0n) is 9.14. The van der Waals surface area contributed by atoms with Crippen LogP contribution in [-0.2, 0) is 0 Å². The third-order valence-electron chi connectivity index (χ3n) is 2.63. The Morgan fingerprint density at radius 2 is 2.11 bits per heavy atom. The van der Waals surface area contributed by atoms with E-state index >= 15 is 0 Å². The second-order valence-electron chi connectivity index (χ2n) is 3.79. The molecule has 0 amide bonds. The number of aromatic nitrogens is 3. The molecule has 0 fully saturated rings. The highest BCUT2D eigenvalue weighted by Crippen LogP contribution is 2.23. The minimum absolute atomic E-state index is 0.212. The molecule has 0 radical (unpaired) electrons. The highest BCUT2D eigenvalue weighted by atomic mass is 79.9. The van der Waals surface area contributed by atoms with Gasteiger partial charge in [-0.15, -0.1) is 0 Å². The Kier molecular flexibility index (Phi) is 2.52. The molecule has 6 heteroatoms. The smallest absolute Gasteiger partial charge is 0.221 e. The van der Waals surface area contributed by atoms with Gasteiger partial charge in [-0.05, 0) is 40.2 Å². The second kappa shape index (κ2) is 4.06. The van der Waals surface area contributed by atoms with Gasteiger partial charge in [-0.3, -0.25) is 0 Å². The number of hydrogen-bond acceptors (Lipinski definition) is 3. The maximum absolute atomic E-state index is 13.2. The Labute approximate surface area is 110 Å². The third kappa shape index (κ3) is 1.74. The maximum Gasteiger partial charge on any atom is 0.221 e. The van der Waals surface area contributed by atoms with Crippen molar-refractivity contribution in [3.05, 3.63) is 46.9 Å². The van der Waals surface area contributed by atoms with Crippen LogP contribution in [0.15, 0.2) is 41.1 Å². The predicted octanol–water partition coefficient (Wildman–Crippen LogP) is 2.90. The Hall–Kier alpha value is -1.95. The van der Waals surface area contributed by atoms with Crippen LogP contribution in [0.2, 0.25) is 0 Å². The molecule has 0 spiro atoms. The highest BCUT2D eigenvalue weighted by Gasteiger charge is 2.07. The number of anilines is 1. The molecule has 0 atom stereocenters. The first-order chi connectivity index (χ1) is 8.65. The van der Waals surface area contributed by atoms with E-state index < -0.39 is 0 Å². The van der Waals surface area contributed by atoms with Gasteiger partial charge in [0, 0.05) is 23.5 Å². The number of nitrogens with two attached hydrogens (primary N) is 1. The van der Waals surface area contributed by atoms with Crippen molar-refractivity contribution in [3.63, 3.8) is 0 Å². The van der Waals surface area contributed by atoms with Gasteiger partial charge >= 0.3 is 0 Å². The van der Waals surface area contributed by atoms with Crippen molar-refractivity contribution in [3.8, 4) is 5.69 Å². The van der Waals surface area contributed by atoms with Gasteiger partial charge in [-0.25, -0.2) is 9.37 Å². The lowest BCUT2D eigenvalue weighted by atomic mass is 10.3. The summed E-state index contributed by atoms with van der Waals surface area (Å²) >= 11 is 3.16. The Morgan fingerprint density at radius 3 is 2.89 bits per heavy atom. The largest absolute Gasteiger partial charge is 0.368 e. The summed E-state index contributed by atoms with van der Waals surface area (Å²) in [5.74, 6) is -0.0898. The van der Waals surface area contributed by atoms with Gasteiger partial charge < -0.3 is 10.3 Å². The number of rotatable bonds is 1. The van der Waals surface area contributed by atoms with Crippen LogP contribution in [0, 0.1) is 5.82 Å². The lowest BCUT2D eigenvalue weighted by Gasteiger charge is -2.06. The fourth-order valence-corrected chi connectivity index (χ4v) is 2.14. The number of benzene rings is 1. The van der Waals surface area contributed by atoms with Crippen LogP contribution < -0.4 is 5.73 Å². The summed E-state index contributed by atoms with van der Waals surface area (Å²) in [7, 11) is 0. The molecule has 1 aromatic carbocycles. The van der Waals surface area contributed by atoms with Crippen LogP contribution >= 0.6 is 15.9 Å². The molecule has 2 heterocycles. The van der Waals surface area contributed by atoms with Gasteiger partial charge in [0.2, 0.25) is 5.95 Å². The normalized spacial score (nSPS) is 11.0. The lowest BCUT2D eigenvalue weighted by Crippen LogP contribution is -1.98. The Balaban J connectivity index is 2.24. The van der Waals surface area contributed by atoms with Crippen molar-refractivity contribution in [2.45, 2.75) is 0 Å². The molecule has 90 valence electrons. The van der Waals surface area contributed by atoms with Crippen molar-refractivity contribution < 1.29 is 4.39 Å². The number of fused-ring (bicyclic) bond motifs is 1. The molecule has 0 saturated carbocycles. The van der Waals surface area contributed by atoms with Crippen LogP contribution in [-0.4, -0.2) is 14.5 Å². The van der Waals surface area contributed by atoms with Gasteiger partial charge in [-0.1, -0.05) is 0 Å². The molecule has 2 N–H and O–H groups in total. The maximum atomic E-state index is 13.2. The van der Waals surface area contributed by atoms with Crippen LogP contribution in [0.5, 0.6) is 0 Å². The predicted molar refractivity (Wildman–Crippen MR) is 70.9 cm³/mol. The Bertz CT molecular complexity index is 738. The average Bonchev–Trinajstić information content (AvgIpc) is 2.75. The van der Waals surface area contributed by atoms with E-state index in [0.29, 0.717) is 10.1 Å². The number of halogens is 2. The van der Waals surface area contributed by atoms with Crippen LogP contribution in [0.25, 0.3) is 16.7 Å². The molecular formula is C12H8BrFN4. The van der Waals surface area contributed by atoms with E-state index in [-0.39, 0.29) is 11.8 Å². The summed E-state index contributed by atoms with van der Waals surface area (Å²) in [5.41, 5.74) is 7.08. The minimum Gasteiger partial charge on any atom is -0.368 e. The van der Waals surface area contributed by atoms with Crippen molar-refractivity contribution in [1.82, 2.24) is 14.5 Å². The molecule has 0 aliphatic heterocycles. The van der Waals surface area contributed by atoms with Crippen molar-refractivity contribution >= 4 is 32.9 Å². The molecule has 0 aliphatic rings.